The fourth-order valence-corrected chi connectivity index (χ4v) is 1.33. The highest BCUT2D eigenvalue weighted by molar-refractivity contribution is 4.74. The number of hydrogen-bond donors (Lipinski definition) is 1. The Morgan fingerprint density at radius 2 is 2.30 bits per heavy atom. The Balaban J connectivity index is 2.28. The van der Waals surface area contributed by atoms with Crippen molar-refractivity contribution in [3.63, 3.8) is 0 Å². The van der Waals surface area contributed by atoms with Gasteiger partial charge < -0.3 is 9.84 Å². The van der Waals surface area contributed by atoms with Crippen LogP contribution in [0.5, 0.6) is 0 Å². The zero-order valence-electron chi connectivity index (χ0n) is 6.71. The van der Waals surface area contributed by atoms with Crippen LogP contribution in [0, 0.1) is 11.8 Å². The average Bonchev–Trinajstić information content (AvgIpc) is 2.34. The zero-order chi connectivity index (χ0) is 7.56. The molecule has 0 spiro atoms. The van der Waals surface area contributed by atoms with E-state index in [2.05, 4.69) is 13.8 Å². The summed E-state index contributed by atoms with van der Waals surface area (Å²) in [7, 11) is 0. The maximum absolute atomic E-state index is 8.74. The van der Waals surface area contributed by atoms with E-state index in [1.807, 2.05) is 0 Å². The molecule has 1 fully saturated rings. The van der Waals surface area contributed by atoms with Gasteiger partial charge in [0.05, 0.1) is 19.3 Å². The molecule has 1 rings (SSSR count). The monoisotopic (exact) mass is 144 g/mol. The molecule has 1 N–H and O–H groups in total. The van der Waals surface area contributed by atoms with E-state index in [-0.39, 0.29) is 12.7 Å². The Morgan fingerprint density at radius 3 is 2.60 bits per heavy atom. The summed E-state index contributed by atoms with van der Waals surface area (Å²) in [5.74, 6) is 1.36. The minimum Gasteiger partial charge on any atom is -0.394 e. The molecular weight excluding hydrogens is 128 g/mol. The molecule has 0 unspecified atom stereocenters. The molecule has 0 saturated carbocycles. The molecule has 1 aliphatic heterocycles. The van der Waals surface area contributed by atoms with Gasteiger partial charge in [-0.25, -0.2) is 0 Å². The Labute approximate surface area is 62.2 Å². The normalized spacial score (nSPS) is 33.6. The van der Waals surface area contributed by atoms with Crippen LogP contribution >= 0.6 is 0 Å². The topological polar surface area (TPSA) is 29.5 Å². The van der Waals surface area contributed by atoms with Gasteiger partial charge in [-0.2, -0.15) is 0 Å². The van der Waals surface area contributed by atoms with E-state index in [0.717, 1.165) is 13.0 Å². The Kier molecular flexibility index (Phi) is 2.69. The van der Waals surface area contributed by atoms with Crippen molar-refractivity contribution < 1.29 is 9.84 Å². The number of ether oxygens (including phenoxy) is 1. The molecule has 10 heavy (non-hydrogen) atoms. The summed E-state index contributed by atoms with van der Waals surface area (Å²) < 4.78 is 5.33. The van der Waals surface area contributed by atoms with Gasteiger partial charge in [0.2, 0.25) is 0 Å². The third-order valence-corrected chi connectivity index (χ3v) is 2.26. The second kappa shape index (κ2) is 3.35. The molecule has 0 bridgehead atoms. The highest BCUT2D eigenvalue weighted by Crippen LogP contribution is 2.25. The molecule has 0 aromatic rings. The van der Waals surface area contributed by atoms with Crippen molar-refractivity contribution in [2.75, 3.05) is 13.2 Å². The van der Waals surface area contributed by atoms with Crippen molar-refractivity contribution in [3.8, 4) is 0 Å². The SMILES string of the molecule is CC(C)[C@H]1CO[C@H](CO)C1. The van der Waals surface area contributed by atoms with Gasteiger partial charge in [-0.1, -0.05) is 13.8 Å². The highest BCUT2D eigenvalue weighted by Gasteiger charge is 2.26. The quantitative estimate of drug-likeness (QED) is 0.627. The number of hydrogen-bond acceptors (Lipinski definition) is 2. The van der Waals surface area contributed by atoms with Gasteiger partial charge in [-0.05, 0) is 18.3 Å². The van der Waals surface area contributed by atoms with Gasteiger partial charge in [0, 0.05) is 0 Å². The number of rotatable bonds is 2. The van der Waals surface area contributed by atoms with Gasteiger partial charge in [0.25, 0.3) is 0 Å². The fraction of sp³-hybridized carbons (Fsp3) is 1.00. The standard InChI is InChI=1S/C8H16O2/c1-6(2)7-3-8(4-9)10-5-7/h6-9H,3-5H2,1-2H3/t7-,8+/m1/s1. The van der Waals surface area contributed by atoms with E-state index in [0.29, 0.717) is 11.8 Å². The second-order valence-corrected chi connectivity index (χ2v) is 3.38. The van der Waals surface area contributed by atoms with Gasteiger partial charge in [0.15, 0.2) is 0 Å². The third kappa shape index (κ3) is 1.70. The first-order valence-electron chi connectivity index (χ1n) is 3.96. The predicted molar refractivity (Wildman–Crippen MR) is 39.8 cm³/mol. The minimum absolute atomic E-state index is 0.118. The van der Waals surface area contributed by atoms with Crippen molar-refractivity contribution in [1.82, 2.24) is 0 Å². The molecule has 0 aromatic carbocycles. The molecule has 2 nitrogen and oxygen atoms in total. The third-order valence-electron chi connectivity index (χ3n) is 2.26. The molecule has 0 aromatic heterocycles. The lowest BCUT2D eigenvalue weighted by Crippen LogP contribution is -2.11. The fourth-order valence-electron chi connectivity index (χ4n) is 1.33. The molecule has 0 aliphatic carbocycles. The van der Waals surface area contributed by atoms with Crippen LogP contribution in [0.15, 0.2) is 0 Å². The zero-order valence-corrected chi connectivity index (χ0v) is 6.71. The van der Waals surface area contributed by atoms with Crippen molar-refractivity contribution in [1.29, 1.82) is 0 Å². The van der Waals surface area contributed by atoms with Gasteiger partial charge in [-0.15, -0.1) is 0 Å². The van der Waals surface area contributed by atoms with Crippen molar-refractivity contribution in [3.05, 3.63) is 0 Å². The summed E-state index contributed by atoms with van der Waals surface area (Å²) in [5, 5.41) is 8.74. The van der Waals surface area contributed by atoms with Crippen LogP contribution in [0.25, 0.3) is 0 Å². The van der Waals surface area contributed by atoms with E-state index in [9.17, 15) is 0 Å². The van der Waals surface area contributed by atoms with Gasteiger partial charge in [-0.3, -0.25) is 0 Å². The molecule has 2 heteroatoms. The highest BCUT2D eigenvalue weighted by atomic mass is 16.5. The first kappa shape index (κ1) is 8.02. The first-order valence-corrected chi connectivity index (χ1v) is 3.96. The maximum atomic E-state index is 8.74. The van der Waals surface area contributed by atoms with E-state index >= 15 is 0 Å². The van der Waals surface area contributed by atoms with Gasteiger partial charge in [0.1, 0.15) is 0 Å². The van der Waals surface area contributed by atoms with Crippen LogP contribution in [0.4, 0.5) is 0 Å². The molecule has 1 saturated heterocycles. The lowest BCUT2D eigenvalue weighted by Gasteiger charge is -2.10. The van der Waals surface area contributed by atoms with Crippen LogP contribution < -0.4 is 0 Å². The molecule has 1 aliphatic rings. The van der Waals surface area contributed by atoms with E-state index in [1.165, 1.54) is 0 Å². The van der Waals surface area contributed by atoms with Crippen molar-refractivity contribution in [2.45, 2.75) is 26.4 Å². The largest absolute Gasteiger partial charge is 0.394 e. The lowest BCUT2D eigenvalue weighted by atomic mass is 9.94. The summed E-state index contributed by atoms with van der Waals surface area (Å²) in [6.07, 6.45) is 1.15. The molecule has 0 amide bonds. The van der Waals surface area contributed by atoms with E-state index in [4.69, 9.17) is 9.84 Å². The summed E-state index contributed by atoms with van der Waals surface area (Å²) >= 11 is 0. The van der Waals surface area contributed by atoms with Crippen LogP contribution in [0.1, 0.15) is 20.3 Å². The van der Waals surface area contributed by atoms with Crippen molar-refractivity contribution in [2.24, 2.45) is 11.8 Å². The summed E-state index contributed by atoms with van der Waals surface area (Å²) in [6.45, 7) is 5.42. The molecule has 0 radical (unpaired) electrons. The summed E-state index contributed by atoms with van der Waals surface area (Å²) in [6, 6.07) is 0. The van der Waals surface area contributed by atoms with Crippen LogP contribution in [0.3, 0.4) is 0 Å². The van der Waals surface area contributed by atoms with Crippen LogP contribution in [-0.4, -0.2) is 24.4 Å². The van der Waals surface area contributed by atoms with E-state index in [1.54, 1.807) is 0 Å². The predicted octanol–water partition coefficient (Wildman–Crippen LogP) is 1.04. The lowest BCUT2D eigenvalue weighted by molar-refractivity contribution is 0.0563. The number of aliphatic hydroxyl groups excluding tert-OH is 1. The van der Waals surface area contributed by atoms with Crippen LogP contribution in [0.2, 0.25) is 0 Å². The minimum atomic E-state index is 0.118. The smallest absolute Gasteiger partial charge is 0.0809 e. The van der Waals surface area contributed by atoms with E-state index < -0.39 is 0 Å². The van der Waals surface area contributed by atoms with Crippen LogP contribution in [-0.2, 0) is 4.74 Å². The number of aliphatic hydroxyl groups is 1. The Hall–Kier alpha value is -0.0800. The maximum Gasteiger partial charge on any atom is 0.0809 e. The molecular formula is C8H16O2. The second-order valence-electron chi connectivity index (χ2n) is 3.38. The molecule has 60 valence electrons. The Bertz CT molecular complexity index is 101. The molecule has 1 heterocycles. The first-order chi connectivity index (χ1) is 4.74. The molecule has 2 atom stereocenters. The summed E-state index contributed by atoms with van der Waals surface area (Å²) in [4.78, 5) is 0. The Morgan fingerprint density at radius 1 is 1.60 bits per heavy atom. The average molecular weight is 144 g/mol. The van der Waals surface area contributed by atoms with Crippen molar-refractivity contribution >= 4 is 0 Å². The summed E-state index contributed by atoms with van der Waals surface area (Å²) in [5.41, 5.74) is 0. The van der Waals surface area contributed by atoms with Gasteiger partial charge >= 0.3 is 0 Å².